The molecule has 0 radical (unpaired) electrons. The number of carboxylic acid groups (broad SMARTS) is 1. The van der Waals surface area contributed by atoms with E-state index in [4.69, 9.17) is 9.84 Å². The number of aryl methyl sites for hydroxylation is 1. The number of ether oxygens (including phenoxy) is 1. The largest absolute Gasteiger partial charge is 0.496 e. The Morgan fingerprint density at radius 1 is 1.36 bits per heavy atom. The van der Waals surface area contributed by atoms with Crippen molar-refractivity contribution in [2.75, 3.05) is 20.2 Å². The van der Waals surface area contributed by atoms with E-state index >= 15 is 0 Å². The molecule has 0 spiro atoms. The lowest BCUT2D eigenvalue weighted by Crippen LogP contribution is -2.45. The Hall–Kier alpha value is -2.24. The average Bonchev–Trinajstić information content (AvgIpc) is 2.53. The minimum Gasteiger partial charge on any atom is -0.496 e. The van der Waals surface area contributed by atoms with Gasteiger partial charge < -0.3 is 20.1 Å². The zero-order valence-corrected chi connectivity index (χ0v) is 13.0. The summed E-state index contributed by atoms with van der Waals surface area (Å²) in [6.07, 6.45) is 1.02. The molecule has 0 aliphatic carbocycles. The highest BCUT2D eigenvalue weighted by Crippen LogP contribution is 2.20. The van der Waals surface area contributed by atoms with Gasteiger partial charge in [0.05, 0.1) is 13.0 Å². The molecule has 0 atom stereocenters. The van der Waals surface area contributed by atoms with Crippen LogP contribution in [0.15, 0.2) is 18.2 Å². The van der Waals surface area contributed by atoms with Crippen molar-refractivity contribution < 1.29 is 19.4 Å². The molecule has 2 N–H and O–H groups in total. The second-order valence-electron chi connectivity index (χ2n) is 5.57. The predicted molar refractivity (Wildman–Crippen MR) is 81.9 cm³/mol. The third-order valence-corrected chi connectivity index (χ3v) is 4.00. The van der Waals surface area contributed by atoms with Crippen LogP contribution in [0.5, 0.6) is 5.75 Å². The number of rotatable bonds is 4. The summed E-state index contributed by atoms with van der Waals surface area (Å²) >= 11 is 0. The summed E-state index contributed by atoms with van der Waals surface area (Å²) in [4.78, 5) is 24.7. The Morgan fingerprint density at radius 3 is 2.64 bits per heavy atom. The van der Waals surface area contributed by atoms with Crippen LogP contribution in [0.3, 0.4) is 0 Å². The lowest BCUT2D eigenvalue weighted by atomic mass is 9.97. The number of methoxy groups -OCH3 is 1. The third kappa shape index (κ3) is 3.90. The lowest BCUT2D eigenvalue weighted by molar-refractivity contribution is -0.143. The summed E-state index contributed by atoms with van der Waals surface area (Å²) in [5.74, 6) is -0.351. The topological polar surface area (TPSA) is 78.9 Å². The number of piperidine rings is 1. The van der Waals surface area contributed by atoms with Crippen LogP contribution in [0.4, 0.5) is 4.79 Å². The number of hydrogen-bond donors (Lipinski definition) is 2. The lowest BCUT2D eigenvalue weighted by Gasteiger charge is -2.30. The van der Waals surface area contributed by atoms with Crippen molar-refractivity contribution in [3.8, 4) is 5.75 Å². The van der Waals surface area contributed by atoms with Crippen LogP contribution in [0.2, 0.25) is 0 Å². The van der Waals surface area contributed by atoms with E-state index in [1.165, 1.54) is 0 Å². The summed E-state index contributed by atoms with van der Waals surface area (Å²) in [5.41, 5.74) is 2.02. The summed E-state index contributed by atoms with van der Waals surface area (Å²) in [6, 6.07) is 5.68. The minimum atomic E-state index is -0.774. The van der Waals surface area contributed by atoms with Crippen molar-refractivity contribution in [3.05, 3.63) is 29.3 Å². The molecule has 0 bridgehead atoms. The zero-order chi connectivity index (χ0) is 16.1. The standard InChI is InChI=1S/C16H22N2O4/c1-11-3-4-13(14(9-11)22-2)10-17-16(21)18-7-5-12(6-8-18)15(19)20/h3-4,9,12H,5-8,10H2,1-2H3,(H,17,21)(H,19,20). The van der Waals surface area contributed by atoms with Crippen molar-refractivity contribution in [1.82, 2.24) is 10.2 Å². The van der Waals surface area contributed by atoms with Crippen molar-refractivity contribution >= 4 is 12.0 Å². The molecule has 1 aromatic rings. The number of carboxylic acids is 1. The monoisotopic (exact) mass is 306 g/mol. The molecule has 2 amide bonds. The van der Waals surface area contributed by atoms with Crippen LogP contribution < -0.4 is 10.1 Å². The molecular formula is C16H22N2O4. The van der Waals surface area contributed by atoms with Crippen molar-refractivity contribution in [2.45, 2.75) is 26.3 Å². The molecule has 2 rings (SSSR count). The molecule has 6 nitrogen and oxygen atoms in total. The normalized spacial score (nSPS) is 15.5. The maximum Gasteiger partial charge on any atom is 0.317 e. The van der Waals surface area contributed by atoms with Gasteiger partial charge in [0.15, 0.2) is 0 Å². The fourth-order valence-corrected chi connectivity index (χ4v) is 2.61. The molecule has 0 aromatic heterocycles. The quantitative estimate of drug-likeness (QED) is 0.892. The number of carbonyl (C=O) groups is 2. The van der Waals surface area contributed by atoms with Crippen LogP contribution in [-0.4, -0.2) is 42.2 Å². The van der Waals surface area contributed by atoms with Crippen molar-refractivity contribution in [2.24, 2.45) is 5.92 Å². The van der Waals surface area contributed by atoms with Crippen molar-refractivity contribution in [1.29, 1.82) is 0 Å². The summed E-state index contributed by atoms with van der Waals surface area (Å²) in [7, 11) is 1.61. The Bertz CT molecular complexity index is 551. The van der Waals surface area contributed by atoms with Crippen LogP contribution in [0.1, 0.15) is 24.0 Å². The van der Waals surface area contributed by atoms with E-state index in [-0.39, 0.29) is 11.9 Å². The van der Waals surface area contributed by atoms with E-state index in [0.717, 1.165) is 16.9 Å². The Kier molecular flexibility index (Phi) is 5.25. The first-order chi connectivity index (χ1) is 10.5. The van der Waals surface area contributed by atoms with E-state index in [0.29, 0.717) is 32.5 Å². The first kappa shape index (κ1) is 16.1. The maximum atomic E-state index is 12.1. The van der Waals surface area contributed by atoms with E-state index in [1.54, 1.807) is 12.0 Å². The fraction of sp³-hybridized carbons (Fsp3) is 0.500. The SMILES string of the molecule is COc1cc(C)ccc1CNC(=O)N1CCC(C(=O)O)CC1. The number of urea groups is 1. The number of hydrogen-bond acceptors (Lipinski definition) is 3. The van der Waals surface area contributed by atoms with Gasteiger partial charge in [-0.15, -0.1) is 0 Å². The Labute approximate surface area is 130 Å². The van der Waals surface area contributed by atoms with Crippen LogP contribution in [0.25, 0.3) is 0 Å². The smallest absolute Gasteiger partial charge is 0.317 e. The fourth-order valence-electron chi connectivity index (χ4n) is 2.61. The van der Waals surface area contributed by atoms with Gasteiger partial charge in [0, 0.05) is 25.2 Å². The average molecular weight is 306 g/mol. The highest BCUT2D eigenvalue weighted by atomic mass is 16.5. The summed E-state index contributed by atoms with van der Waals surface area (Å²) in [5, 5.41) is 11.8. The van der Waals surface area contributed by atoms with Gasteiger partial charge in [0.2, 0.25) is 0 Å². The molecule has 1 aliphatic rings. The number of nitrogens with zero attached hydrogens (tertiary/aromatic N) is 1. The molecule has 1 heterocycles. The Balaban J connectivity index is 1.87. The van der Waals surface area contributed by atoms with Crippen molar-refractivity contribution in [3.63, 3.8) is 0 Å². The van der Waals surface area contributed by atoms with Crippen LogP contribution in [-0.2, 0) is 11.3 Å². The van der Waals surface area contributed by atoms with Gasteiger partial charge in [-0.1, -0.05) is 12.1 Å². The van der Waals surface area contributed by atoms with Gasteiger partial charge in [-0.3, -0.25) is 4.79 Å². The molecular weight excluding hydrogens is 284 g/mol. The molecule has 0 unspecified atom stereocenters. The van der Waals surface area contributed by atoms with Gasteiger partial charge in [0.25, 0.3) is 0 Å². The molecule has 1 aliphatic heterocycles. The minimum absolute atomic E-state index is 0.161. The van der Waals surface area contributed by atoms with Gasteiger partial charge in [0.1, 0.15) is 5.75 Å². The highest BCUT2D eigenvalue weighted by Gasteiger charge is 2.26. The Morgan fingerprint density at radius 2 is 2.05 bits per heavy atom. The van der Waals surface area contributed by atoms with Crippen LogP contribution in [0, 0.1) is 12.8 Å². The zero-order valence-electron chi connectivity index (χ0n) is 13.0. The first-order valence-electron chi connectivity index (χ1n) is 7.40. The number of likely N-dealkylation sites (tertiary alicyclic amines) is 1. The molecule has 120 valence electrons. The molecule has 0 saturated carbocycles. The molecule has 1 saturated heterocycles. The van der Waals surface area contributed by atoms with E-state index < -0.39 is 5.97 Å². The number of nitrogens with one attached hydrogen (secondary N) is 1. The van der Waals surface area contributed by atoms with Gasteiger partial charge in [-0.2, -0.15) is 0 Å². The highest BCUT2D eigenvalue weighted by molar-refractivity contribution is 5.75. The predicted octanol–water partition coefficient (Wildman–Crippen LogP) is 2.01. The third-order valence-electron chi connectivity index (χ3n) is 4.00. The van der Waals surface area contributed by atoms with Crippen LogP contribution >= 0.6 is 0 Å². The number of carbonyl (C=O) groups excluding carboxylic acids is 1. The first-order valence-corrected chi connectivity index (χ1v) is 7.40. The summed E-state index contributed by atoms with van der Waals surface area (Å²) < 4.78 is 5.31. The summed E-state index contributed by atoms with van der Waals surface area (Å²) in [6.45, 7) is 3.33. The number of amides is 2. The molecule has 1 fully saturated rings. The van der Waals surface area contributed by atoms with Gasteiger partial charge in [-0.25, -0.2) is 4.79 Å². The molecule has 6 heteroatoms. The number of benzene rings is 1. The second kappa shape index (κ2) is 7.15. The molecule has 1 aromatic carbocycles. The van der Waals surface area contributed by atoms with Gasteiger partial charge in [-0.05, 0) is 31.4 Å². The van der Waals surface area contributed by atoms with E-state index in [2.05, 4.69) is 5.32 Å². The van der Waals surface area contributed by atoms with E-state index in [1.807, 2.05) is 25.1 Å². The van der Waals surface area contributed by atoms with Gasteiger partial charge >= 0.3 is 12.0 Å². The van der Waals surface area contributed by atoms with E-state index in [9.17, 15) is 9.59 Å². The second-order valence-corrected chi connectivity index (χ2v) is 5.57. The molecule has 22 heavy (non-hydrogen) atoms. The number of aliphatic carboxylic acids is 1. The maximum absolute atomic E-state index is 12.1.